The molecule has 0 aliphatic carbocycles. The molecule has 0 unspecified atom stereocenters. The van der Waals surface area contributed by atoms with Crippen molar-refractivity contribution in [3.8, 4) is 33.7 Å². The first-order valence-corrected chi connectivity index (χ1v) is 25.8. The Labute approximate surface area is 405 Å². The van der Waals surface area contributed by atoms with Crippen LogP contribution in [-0.2, 0) is 41.1 Å². The van der Waals surface area contributed by atoms with Gasteiger partial charge in [-0.1, -0.05) is 197 Å². The van der Waals surface area contributed by atoms with Gasteiger partial charge in [-0.3, -0.25) is 0 Å². The van der Waals surface area contributed by atoms with Gasteiger partial charge in [-0.2, -0.15) is 0 Å². The molecule has 65 heavy (non-hydrogen) atoms. The molecule has 0 spiro atoms. The first-order chi connectivity index (χ1) is 29.7. The minimum atomic E-state index is -2.15. The minimum Gasteiger partial charge on any atom is -0.657 e. The third kappa shape index (κ3) is 10.1. The molecule has 2 aromatic carbocycles. The van der Waals surface area contributed by atoms with Crippen LogP contribution in [0, 0.1) is 11.5 Å². The smallest absolute Gasteiger partial charge is 0.657 e. The predicted octanol–water partition coefficient (Wildman–Crippen LogP) is 16.0. The van der Waals surface area contributed by atoms with E-state index < -0.39 is 8.07 Å². The van der Waals surface area contributed by atoms with Crippen LogP contribution in [0.4, 0.5) is 0 Å². The summed E-state index contributed by atoms with van der Waals surface area (Å²) in [6.45, 7) is 41.7. The standard InChI is InChI=1S/C59H72N4Si.Zn/c1-36(2)64(37(3)4,38(5)6)28-27-47-48-23-25-52(62-48)54(39-29-41(56(7,8)9)33-42(30-39)57(10,11)12)50-21-19-45(60-50)35-46-20-22-51(61-46)55(53-26-24-49(47)63-53)40-31-43(58(13,14)15)34-44(32-40)59(16,17)18;/h19-26,29-38H,1-18H3;/q-2;+2. The van der Waals surface area contributed by atoms with Gasteiger partial charge in [0.15, 0.2) is 0 Å². The van der Waals surface area contributed by atoms with Gasteiger partial charge in [-0.15, -0.1) is 27.6 Å². The Morgan fingerprint density at radius 3 is 1.32 bits per heavy atom. The van der Waals surface area contributed by atoms with Crippen LogP contribution in [0.5, 0.6) is 0 Å². The fraction of sp³-hybridized carbons (Fsp3) is 0.424. The Bertz CT molecular complexity index is 2750. The van der Waals surface area contributed by atoms with E-state index in [-0.39, 0.29) is 41.1 Å². The third-order valence-corrected chi connectivity index (χ3v) is 19.9. The summed E-state index contributed by atoms with van der Waals surface area (Å²) >= 11 is 0. The number of aromatic nitrogens is 4. The summed E-state index contributed by atoms with van der Waals surface area (Å²) in [5.41, 5.74) is 22.4. The van der Waals surface area contributed by atoms with Gasteiger partial charge in [0.1, 0.15) is 8.07 Å². The molecule has 0 radical (unpaired) electrons. The van der Waals surface area contributed by atoms with E-state index in [4.69, 9.17) is 19.9 Å². The van der Waals surface area contributed by atoms with Crippen molar-refractivity contribution in [2.24, 2.45) is 0 Å². The Morgan fingerprint density at radius 1 is 0.462 bits per heavy atom. The molecule has 4 nitrogen and oxygen atoms in total. The van der Waals surface area contributed by atoms with E-state index >= 15 is 0 Å². The van der Waals surface area contributed by atoms with Crippen molar-refractivity contribution in [2.45, 2.75) is 163 Å². The van der Waals surface area contributed by atoms with E-state index in [2.05, 4.69) is 227 Å². The molecule has 8 bridgehead atoms. The van der Waals surface area contributed by atoms with E-state index in [1.165, 1.54) is 22.3 Å². The Balaban J connectivity index is 0.00000700. The predicted molar refractivity (Wildman–Crippen MR) is 280 cm³/mol. The van der Waals surface area contributed by atoms with Gasteiger partial charge in [0, 0.05) is 5.56 Å². The number of rotatable bonds is 5. The fourth-order valence-corrected chi connectivity index (χ4v) is 14.8. The summed E-state index contributed by atoms with van der Waals surface area (Å²) in [6, 6.07) is 24.8. The number of nitrogens with zero attached hydrogens (tertiary/aromatic N) is 4. The van der Waals surface area contributed by atoms with Crippen molar-refractivity contribution in [1.82, 2.24) is 19.9 Å². The number of fused-ring (bicyclic) bond motifs is 8. The molecule has 0 atom stereocenters. The number of hydrogen-bond acceptors (Lipinski definition) is 2. The van der Waals surface area contributed by atoms with Crippen molar-refractivity contribution >= 4 is 54.4 Å². The van der Waals surface area contributed by atoms with Crippen molar-refractivity contribution < 1.29 is 19.5 Å². The van der Waals surface area contributed by atoms with Crippen molar-refractivity contribution in [1.29, 1.82) is 0 Å². The maximum absolute atomic E-state index is 5.56. The summed E-state index contributed by atoms with van der Waals surface area (Å²) in [4.78, 5) is 21.8. The van der Waals surface area contributed by atoms with Crippen molar-refractivity contribution in [3.63, 3.8) is 0 Å². The fourth-order valence-electron chi connectivity index (χ4n) is 9.62. The van der Waals surface area contributed by atoms with Gasteiger partial charge in [-0.25, -0.2) is 9.97 Å². The third-order valence-electron chi connectivity index (χ3n) is 13.6. The van der Waals surface area contributed by atoms with Crippen molar-refractivity contribution in [3.05, 3.63) is 117 Å². The number of hydrogen-bond donors (Lipinski definition) is 0. The Hall–Kier alpha value is -4.56. The van der Waals surface area contributed by atoms with Gasteiger partial charge in [-0.05, 0) is 107 Å². The largest absolute Gasteiger partial charge is 2.00 e. The molecule has 0 fully saturated rings. The van der Waals surface area contributed by atoms with Crippen LogP contribution in [0.2, 0.25) is 16.6 Å². The first-order valence-electron chi connectivity index (χ1n) is 23.6. The van der Waals surface area contributed by atoms with Gasteiger partial charge in [0.05, 0.1) is 22.8 Å². The molecule has 0 saturated heterocycles. The molecular weight excluding hydrogens is 858 g/mol. The maximum atomic E-state index is 5.56. The zero-order chi connectivity index (χ0) is 46.9. The molecule has 0 saturated carbocycles. The summed E-state index contributed by atoms with van der Waals surface area (Å²) in [5, 5.41) is 0. The molecule has 5 aromatic rings. The average Bonchev–Trinajstić information content (AvgIpc) is 4.02. The van der Waals surface area contributed by atoms with Crippen LogP contribution in [0.15, 0.2) is 66.7 Å². The van der Waals surface area contributed by atoms with Crippen LogP contribution < -0.4 is 9.97 Å². The first kappa shape index (κ1) is 49.9. The minimum absolute atomic E-state index is 0. The maximum Gasteiger partial charge on any atom is 2.00 e. The quantitative estimate of drug-likeness (QED) is 0.127. The van der Waals surface area contributed by atoms with Crippen LogP contribution in [0.25, 0.3) is 68.6 Å². The molecule has 0 amide bonds. The molecule has 6 heteroatoms. The molecule has 0 N–H and O–H groups in total. The van der Waals surface area contributed by atoms with Crippen LogP contribution in [0.1, 0.15) is 175 Å². The zero-order valence-corrected chi connectivity index (χ0v) is 46.9. The van der Waals surface area contributed by atoms with E-state index in [0.717, 1.165) is 72.7 Å². The van der Waals surface area contributed by atoms with Crippen LogP contribution >= 0.6 is 0 Å². The second-order valence-electron chi connectivity index (χ2n) is 23.5. The van der Waals surface area contributed by atoms with E-state index in [1.54, 1.807) is 0 Å². The van der Waals surface area contributed by atoms with Gasteiger partial charge in [0.25, 0.3) is 0 Å². The van der Waals surface area contributed by atoms with Gasteiger partial charge in [0.2, 0.25) is 0 Å². The second-order valence-corrected chi connectivity index (χ2v) is 29.0. The molecule has 3 aromatic heterocycles. The Kier molecular flexibility index (Phi) is 13.7. The van der Waals surface area contributed by atoms with E-state index in [9.17, 15) is 0 Å². The zero-order valence-electron chi connectivity index (χ0n) is 42.9. The van der Waals surface area contributed by atoms with Gasteiger partial charge >= 0.3 is 19.5 Å². The van der Waals surface area contributed by atoms with Crippen LogP contribution in [-0.4, -0.2) is 18.0 Å². The van der Waals surface area contributed by atoms with E-state index in [0.29, 0.717) is 16.6 Å². The topological polar surface area (TPSA) is 54.0 Å². The molecule has 334 valence electrons. The molecule has 2 aliphatic heterocycles. The molecular formula is C59H72N4SiZn. The molecule has 7 rings (SSSR count). The summed E-state index contributed by atoms with van der Waals surface area (Å²) < 4.78 is 0. The monoisotopic (exact) mass is 928 g/mol. The molecule has 2 aliphatic rings. The van der Waals surface area contributed by atoms with Gasteiger partial charge < -0.3 is 9.97 Å². The number of benzene rings is 2. The normalized spacial score (nSPS) is 13.4. The summed E-state index contributed by atoms with van der Waals surface area (Å²) in [7, 11) is -2.15. The second kappa shape index (κ2) is 17.9. The summed E-state index contributed by atoms with van der Waals surface area (Å²) in [5.74, 6) is 3.87. The average molecular weight is 931 g/mol. The Morgan fingerprint density at radius 2 is 0.862 bits per heavy atom. The van der Waals surface area contributed by atoms with Crippen molar-refractivity contribution in [2.75, 3.05) is 0 Å². The molecule has 5 heterocycles. The summed E-state index contributed by atoms with van der Waals surface area (Å²) in [6.07, 6.45) is 8.57. The van der Waals surface area contributed by atoms with E-state index in [1.807, 2.05) is 0 Å². The van der Waals surface area contributed by atoms with Crippen LogP contribution in [0.3, 0.4) is 0 Å². The SMILES string of the molecule is CC(C)[Si](C#Cc1c2nc(c(-c3cc(C(C)(C)C)cc(C(C)(C)C)c3)c3ccc(cc4nc(c(-c5cc(C(C)(C)C)cc(C(C)(C)C)c5)c5ccc1[n-]5)C=C4)[n-]3)C=C2)(C(C)C)C(C)C.[Zn+2].